The lowest BCUT2D eigenvalue weighted by molar-refractivity contribution is -0.904. The highest BCUT2D eigenvalue weighted by molar-refractivity contribution is 5.31. The van der Waals surface area contributed by atoms with Crippen molar-refractivity contribution in [3.05, 3.63) is 65.7 Å². The Morgan fingerprint density at radius 3 is 2.14 bits per heavy atom. The minimum atomic E-state index is 0.195. The van der Waals surface area contributed by atoms with E-state index in [1.807, 2.05) is 0 Å². The number of rotatable bonds is 12. The third-order valence-corrected chi connectivity index (χ3v) is 5.35. The molecule has 0 saturated carbocycles. The van der Waals surface area contributed by atoms with Crippen molar-refractivity contribution in [1.82, 2.24) is 0 Å². The van der Waals surface area contributed by atoms with Gasteiger partial charge in [-0.25, -0.2) is 0 Å². The smallest absolute Gasteiger partial charge is 0.119 e. The second-order valence-corrected chi connectivity index (χ2v) is 9.77. The number of nitrogens with zero attached hydrogens (tertiary/aromatic N) is 1. The molecule has 160 valence electrons. The summed E-state index contributed by atoms with van der Waals surface area (Å²) in [6.07, 6.45) is 1.18. The van der Waals surface area contributed by atoms with Crippen LogP contribution in [0.5, 0.6) is 5.75 Å². The first-order valence-corrected chi connectivity index (χ1v) is 10.8. The van der Waals surface area contributed by atoms with Crippen LogP contribution in [-0.2, 0) is 16.7 Å². The van der Waals surface area contributed by atoms with E-state index in [0.29, 0.717) is 19.1 Å². The first-order valence-electron chi connectivity index (χ1n) is 10.8. The van der Waals surface area contributed by atoms with Crippen molar-refractivity contribution in [3.8, 4) is 5.75 Å². The maximum Gasteiger partial charge on any atom is 0.119 e. The Morgan fingerprint density at radius 1 is 0.862 bits per heavy atom. The van der Waals surface area contributed by atoms with Gasteiger partial charge in [0.25, 0.3) is 0 Å². The molecule has 0 aliphatic heterocycles. The van der Waals surface area contributed by atoms with E-state index < -0.39 is 0 Å². The molecule has 0 atom stereocenters. The summed E-state index contributed by atoms with van der Waals surface area (Å²) in [6.45, 7) is 13.1. The van der Waals surface area contributed by atoms with Gasteiger partial charge >= 0.3 is 0 Å². The molecule has 2 rings (SSSR count). The summed E-state index contributed by atoms with van der Waals surface area (Å²) in [5.41, 5.74) is 2.93. The lowest BCUT2D eigenvalue weighted by atomic mass is 9.78. The standard InChI is InChI=1S/C26H40NO2/c1-22(2)20-26(3,4)24-12-14-25(15-13-24)29-19-18-28-17-16-27(5,6)21-23-10-8-7-9-11-23/h7-15,22H,16-21H2,1-6H3/q+1. The van der Waals surface area contributed by atoms with E-state index in [1.165, 1.54) is 17.5 Å². The monoisotopic (exact) mass is 398 g/mol. The molecule has 0 aliphatic rings. The molecule has 3 heteroatoms. The van der Waals surface area contributed by atoms with E-state index in [9.17, 15) is 0 Å². The molecule has 2 aromatic rings. The summed E-state index contributed by atoms with van der Waals surface area (Å²) in [4.78, 5) is 0. The zero-order chi connectivity index (χ0) is 21.3. The van der Waals surface area contributed by atoms with E-state index >= 15 is 0 Å². The van der Waals surface area contributed by atoms with Crippen molar-refractivity contribution in [2.24, 2.45) is 5.92 Å². The van der Waals surface area contributed by atoms with Crippen LogP contribution in [0.1, 0.15) is 45.2 Å². The molecule has 0 amide bonds. The Hall–Kier alpha value is -1.84. The lowest BCUT2D eigenvalue weighted by Gasteiger charge is -2.29. The van der Waals surface area contributed by atoms with Gasteiger partial charge in [-0.15, -0.1) is 0 Å². The van der Waals surface area contributed by atoms with E-state index in [-0.39, 0.29) is 5.41 Å². The van der Waals surface area contributed by atoms with Crippen LogP contribution >= 0.6 is 0 Å². The summed E-state index contributed by atoms with van der Waals surface area (Å²) in [5, 5.41) is 0. The Bertz CT molecular complexity index is 705. The van der Waals surface area contributed by atoms with E-state index in [2.05, 4.69) is 96.4 Å². The first-order chi connectivity index (χ1) is 13.7. The molecule has 0 spiro atoms. The lowest BCUT2D eigenvalue weighted by Crippen LogP contribution is -2.41. The maximum atomic E-state index is 5.85. The maximum absolute atomic E-state index is 5.85. The number of likely N-dealkylation sites (N-methyl/N-ethyl adjacent to an activating group) is 1. The molecule has 2 aromatic carbocycles. The number of hydrogen-bond donors (Lipinski definition) is 0. The zero-order valence-electron chi connectivity index (χ0n) is 19.3. The highest BCUT2D eigenvalue weighted by atomic mass is 16.5. The molecular formula is C26H40NO2+. The molecule has 0 bridgehead atoms. The number of quaternary nitrogens is 1. The van der Waals surface area contributed by atoms with Crippen molar-refractivity contribution >= 4 is 0 Å². The van der Waals surface area contributed by atoms with Crippen molar-refractivity contribution in [2.45, 2.75) is 46.1 Å². The SMILES string of the molecule is CC(C)CC(C)(C)c1ccc(OCCOCC[N+](C)(C)Cc2ccccc2)cc1. The van der Waals surface area contributed by atoms with Crippen molar-refractivity contribution < 1.29 is 14.0 Å². The van der Waals surface area contributed by atoms with Crippen molar-refractivity contribution in [2.75, 3.05) is 40.5 Å². The van der Waals surface area contributed by atoms with Gasteiger partial charge in [0.15, 0.2) is 0 Å². The van der Waals surface area contributed by atoms with Gasteiger partial charge in [0.2, 0.25) is 0 Å². The highest BCUT2D eigenvalue weighted by Crippen LogP contribution is 2.31. The van der Waals surface area contributed by atoms with Crippen LogP contribution in [0.3, 0.4) is 0 Å². The third-order valence-electron chi connectivity index (χ3n) is 5.35. The Morgan fingerprint density at radius 2 is 1.52 bits per heavy atom. The second-order valence-electron chi connectivity index (χ2n) is 9.77. The summed E-state index contributed by atoms with van der Waals surface area (Å²) in [5.74, 6) is 1.60. The molecule has 0 heterocycles. The molecule has 0 aromatic heterocycles. The molecular weight excluding hydrogens is 358 g/mol. The van der Waals surface area contributed by atoms with Crippen LogP contribution in [-0.4, -0.2) is 44.9 Å². The largest absolute Gasteiger partial charge is 0.491 e. The van der Waals surface area contributed by atoms with Crippen LogP contribution in [0.15, 0.2) is 54.6 Å². The molecule has 0 N–H and O–H groups in total. The first kappa shape index (κ1) is 23.4. The molecule has 0 saturated heterocycles. The van der Waals surface area contributed by atoms with Gasteiger partial charge in [0.1, 0.15) is 25.4 Å². The zero-order valence-corrected chi connectivity index (χ0v) is 19.3. The van der Waals surface area contributed by atoms with Crippen molar-refractivity contribution in [1.29, 1.82) is 0 Å². The molecule has 0 radical (unpaired) electrons. The topological polar surface area (TPSA) is 18.5 Å². The Labute approximate surface area is 178 Å². The summed E-state index contributed by atoms with van der Waals surface area (Å²) >= 11 is 0. The van der Waals surface area contributed by atoms with E-state index in [1.54, 1.807) is 0 Å². The summed E-state index contributed by atoms with van der Waals surface area (Å²) in [6, 6.07) is 19.2. The fraction of sp³-hybridized carbons (Fsp3) is 0.538. The average Bonchev–Trinajstić information content (AvgIpc) is 2.64. The minimum Gasteiger partial charge on any atom is -0.491 e. The van der Waals surface area contributed by atoms with Gasteiger partial charge in [-0.1, -0.05) is 70.2 Å². The van der Waals surface area contributed by atoms with Crippen molar-refractivity contribution in [3.63, 3.8) is 0 Å². The fourth-order valence-electron chi connectivity index (χ4n) is 3.93. The minimum absolute atomic E-state index is 0.195. The van der Waals surface area contributed by atoms with Gasteiger partial charge in [-0.2, -0.15) is 0 Å². The van der Waals surface area contributed by atoms with Gasteiger partial charge < -0.3 is 14.0 Å². The summed E-state index contributed by atoms with van der Waals surface area (Å²) < 4.78 is 12.6. The normalized spacial score (nSPS) is 12.4. The molecule has 0 fully saturated rings. The van der Waals surface area contributed by atoms with Crippen LogP contribution in [0.4, 0.5) is 0 Å². The Kier molecular flexibility index (Phi) is 8.73. The number of hydrogen-bond acceptors (Lipinski definition) is 2. The van der Waals surface area contributed by atoms with Crippen LogP contribution < -0.4 is 4.74 Å². The van der Waals surface area contributed by atoms with Gasteiger partial charge in [0, 0.05) is 5.56 Å². The number of ether oxygens (including phenoxy) is 2. The quantitative estimate of drug-likeness (QED) is 0.338. The van der Waals surface area contributed by atoms with Gasteiger partial charge in [-0.3, -0.25) is 0 Å². The number of benzene rings is 2. The van der Waals surface area contributed by atoms with Crippen LogP contribution in [0, 0.1) is 5.92 Å². The van der Waals surface area contributed by atoms with Gasteiger partial charge in [0.05, 0.1) is 27.3 Å². The predicted octanol–water partition coefficient (Wildman–Crippen LogP) is 5.68. The predicted molar refractivity (Wildman–Crippen MR) is 122 cm³/mol. The van der Waals surface area contributed by atoms with E-state index in [0.717, 1.165) is 29.9 Å². The Balaban J connectivity index is 1.66. The van der Waals surface area contributed by atoms with Crippen LogP contribution in [0.2, 0.25) is 0 Å². The molecule has 0 unspecified atom stereocenters. The summed E-state index contributed by atoms with van der Waals surface area (Å²) in [7, 11) is 4.49. The molecule has 0 aliphatic carbocycles. The third kappa shape index (κ3) is 8.59. The van der Waals surface area contributed by atoms with Crippen LogP contribution in [0.25, 0.3) is 0 Å². The van der Waals surface area contributed by atoms with E-state index in [4.69, 9.17) is 9.47 Å². The molecule has 29 heavy (non-hydrogen) atoms. The molecule has 3 nitrogen and oxygen atoms in total. The van der Waals surface area contributed by atoms with Gasteiger partial charge in [-0.05, 0) is 35.4 Å². The average molecular weight is 399 g/mol. The highest BCUT2D eigenvalue weighted by Gasteiger charge is 2.21. The second kappa shape index (κ2) is 10.8. The fourth-order valence-corrected chi connectivity index (χ4v) is 3.93.